The van der Waals surface area contributed by atoms with E-state index in [1.807, 2.05) is 6.07 Å². The standard InChI is InChI=1S/C18H21NO6S/c1-23-17-6-4-14(10-18(17)24-2)26(21,22)19-11-15(20)12-3-5-16-13(9-12)7-8-25-16/h3-6,9-10,15,19-20H,7-8,11H2,1-2H3/t15-/m1/s1. The van der Waals surface area contributed by atoms with Crippen molar-refractivity contribution in [1.82, 2.24) is 4.72 Å². The Morgan fingerprint density at radius 2 is 1.92 bits per heavy atom. The van der Waals surface area contributed by atoms with E-state index in [1.54, 1.807) is 12.1 Å². The van der Waals surface area contributed by atoms with Crippen LogP contribution in [0.1, 0.15) is 17.2 Å². The van der Waals surface area contributed by atoms with Crippen molar-refractivity contribution in [2.75, 3.05) is 27.4 Å². The first-order valence-corrected chi connectivity index (χ1v) is 9.58. The third kappa shape index (κ3) is 3.77. The molecule has 0 radical (unpaired) electrons. The summed E-state index contributed by atoms with van der Waals surface area (Å²) < 4.78 is 43.1. The van der Waals surface area contributed by atoms with E-state index in [0.717, 1.165) is 17.7 Å². The van der Waals surface area contributed by atoms with Gasteiger partial charge in [-0.15, -0.1) is 0 Å². The van der Waals surface area contributed by atoms with Crippen LogP contribution in [-0.2, 0) is 16.4 Å². The van der Waals surface area contributed by atoms with Crippen LogP contribution in [0.2, 0.25) is 0 Å². The monoisotopic (exact) mass is 379 g/mol. The predicted molar refractivity (Wildman–Crippen MR) is 95.3 cm³/mol. The number of hydrogen-bond acceptors (Lipinski definition) is 6. The summed E-state index contributed by atoms with van der Waals surface area (Å²) in [6.07, 6.45) is -0.177. The molecule has 1 heterocycles. The van der Waals surface area contributed by atoms with E-state index in [2.05, 4.69) is 4.72 Å². The van der Waals surface area contributed by atoms with Gasteiger partial charge in [-0.25, -0.2) is 13.1 Å². The second kappa shape index (κ2) is 7.53. The second-order valence-corrected chi connectivity index (χ2v) is 7.62. The lowest BCUT2D eigenvalue weighted by Gasteiger charge is -2.14. The van der Waals surface area contributed by atoms with Crippen LogP contribution >= 0.6 is 0 Å². The number of benzene rings is 2. The van der Waals surface area contributed by atoms with Gasteiger partial charge >= 0.3 is 0 Å². The Morgan fingerprint density at radius 3 is 2.65 bits per heavy atom. The molecule has 0 fully saturated rings. The highest BCUT2D eigenvalue weighted by Crippen LogP contribution is 2.30. The van der Waals surface area contributed by atoms with Gasteiger partial charge in [-0.3, -0.25) is 0 Å². The van der Waals surface area contributed by atoms with Gasteiger partial charge in [0.1, 0.15) is 5.75 Å². The van der Waals surface area contributed by atoms with Gasteiger partial charge < -0.3 is 19.3 Å². The molecule has 7 nitrogen and oxygen atoms in total. The number of nitrogens with one attached hydrogen (secondary N) is 1. The van der Waals surface area contributed by atoms with E-state index in [1.165, 1.54) is 32.4 Å². The van der Waals surface area contributed by atoms with Crippen molar-refractivity contribution in [3.63, 3.8) is 0 Å². The molecular weight excluding hydrogens is 358 g/mol. The molecule has 1 aliphatic heterocycles. The smallest absolute Gasteiger partial charge is 0.240 e. The maximum atomic E-state index is 12.5. The van der Waals surface area contributed by atoms with Gasteiger partial charge in [0.05, 0.1) is 31.8 Å². The van der Waals surface area contributed by atoms with E-state index in [4.69, 9.17) is 14.2 Å². The van der Waals surface area contributed by atoms with Crippen LogP contribution < -0.4 is 18.9 Å². The lowest BCUT2D eigenvalue weighted by molar-refractivity contribution is 0.182. The second-order valence-electron chi connectivity index (χ2n) is 5.85. The summed E-state index contributed by atoms with van der Waals surface area (Å²) in [6, 6.07) is 9.69. The van der Waals surface area contributed by atoms with E-state index in [0.29, 0.717) is 23.7 Å². The zero-order valence-corrected chi connectivity index (χ0v) is 15.4. The van der Waals surface area contributed by atoms with Crippen LogP contribution in [0.5, 0.6) is 17.2 Å². The van der Waals surface area contributed by atoms with Crippen LogP contribution in [-0.4, -0.2) is 40.9 Å². The molecule has 0 bridgehead atoms. The fraction of sp³-hybridized carbons (Fsp3) is 0.333. The van der Waals surface area contributed by atoms with Crippen molar-refractivity contribution in [1.29, 1.82) is 0 Å². The number of rotatable bonds is 7. The Kier molecular flexibility index (Phi) is 5.36. The van der Waals surface area contributed by atoms with Gasteiger partial charge in [0.15, 0.2) is 11.5 Å². The summed E-state index contributed by atoms with van der Waals surface area (Å²) in [5.41, 5.74) is 1.66. The van der Waals surface area contributed by atoms with E-state index in [9.17, 15) is 13.5 Å². The van der Waals surface area contributed by atoms with Crippen molar-refractivity contribution in [2.24, 2.45) is 0 Å². The molecule has 0 saturated carbocycles. The largest absolute Gasteiger partial charge is 0.493 e. The third-order valence-corrected chi connectivity index (χ3v) is 5.65. The molecule has 1 atom stereocenters. The minimum absolute atomic E-state index is 0.0321. The fourth-order valence-electron chi connectivity index (χ4n) is 2.79. The van der Waals surface area contributed by atoms with Crippen molar-refractivity contribution in [3.05, 3.63) is 47.5 Å². The number of ether oxygens (including phenoxy) is 3. The Hall–Kier alpha value is -2.29. The number of hydrogen-bond donors (Lipinski definition) is 2. The van der Waals surface area contributed by atoms with Crippen molar-refractivity contribution < 1.29 is 27.7 Å². The van der Waals surface area contributed by atoms with Crippen LogP contribution in [0.4, 0.5) is 0 Å². The summed E-state index contributed by atoms with van der Waals surface area (Å²) >= 11 is 0. The number of aliphatic hydroxyl groups is 1. The Labute approximate surface area is 152 Å². The molecule has 2 N–H and O–H groups in total. The zero-order chi connectivity index (χ0) is 18.7. The molecule has 0 amide bonds. The minimum Gasteiger partial charge on any atom is -0.493 e. The quantitative estimate of drug-likeness (QED) is 0.760. The number of fused-ring (bicyclic) bond motifs is 1. The number of sulfonamides is 1. The first-order valence-electron chi connectivity index (χ1n) is 8.10. The number of aliphatic hydroxyl groups excluding tert-OH is 1. The van der Waals surface area contributed by atoms with Crippen molar-refractivity contribution in [3.8, 4) is 17.2 Å². The first-order chi connectivity index (χ1) is 12.4. The Balaban J connectivity index is 1.71. The molecule has 8 heteroatoms. The molecule has 2 aromatic rings. The number of methoxy groups -OCH3 is 2. The van der Waals surface area contributed by atoms with Gasteiger partial charge in [-0.05, 0) is 35.4 Å². The van der Waals surface area contributed by atoms with Crippen LogP contribution in [0.25, 0.3) is 0 Å². The molecule has 140 valence electrons. The van der Waals surface area contributed by atoms with Gasteiger partial charge in [-0.1, -0.05) is 6.07 Å². The van der Waals surface area contributed by atoms with Crippen molar-refractivity contribution in [2.45, 2.75) is 17.4 Å². The predicted octanol–water partition coefficient (Wildman–Crippen LogP) is 1.65. The van der Waals surface area contributed by atoms with Gasteiger partial charge in [-0.2, -0.15) is 0 Å². The van der Waals surface area contributed by atoms with Crippen LogP contribution in [0.3, 0.4) is 0 Å². The van der Waals surface area contributed by atoms with Crippen molar-refractivity contribution >= 4 is 10.0 Å². The summed E-state index contributed by atoms with van der Waals surface area (Å²) in [7, 11) is -0.895. The summed E-state index contributed by atoms with van der Waals surface area (Å²) in [6.45, 7) is 0.483. The molecule has 2 aromatic carbocycles. The normalized spacial score (nSPS) is 14.4. The molecule has 0 spiro atoms. The van der Waals surface area contributed by atoms with Crippen LogP contribution in [0, 0.1) is 0 Å². The van der Waals surface area contributed by atoms with Gasteiger partial charge in [0, 0.05) is 19.0 Å². The lowest BCUT2D eigenvalue weighted by atomic mass is 10.0. The van der Waals surface area contributed by atoms with E-state index >= 15 is 0 Å². The average molecular weight is 379 g/mol. The maximum Gasteiger partial charge on any atom is 0.240 e. The molecule has 0 aliphatic carbocycles. The molecule has 0 unspecified atom stereocenters. The topological polar surface area (TPSA) is 94.1 Å². The molecule has 0 saturated heterocycles. The van der Waals surface area contributed by atoms with Gasteiger partial charge in [0.2, 0.25) is 10.0 Å². The molecule has 26 heavy (non-hydrogen) atoms. The van der Waals surface area contributed by atoms with Crippen LogP contribution in [0.15, 0.2) is 41.3 Å². The molecule has 1 aliphatic rings. The first kappa shape index (κ1) is 18.5. The summed E-state index contributed by atoms with van der Waals surface area (Å²) in [4.78, 5) is 0.0321. The molecule has 3 rings (SSSR count). The fourth-order valence-corrected chi connectivity index (χ4v) is 3.84. The highest BCUT2D eigenvalue weighted by atomic mass is 32.2. The highest BCUT2D eigenvalue weighted by molar-refractivity contribution is 7.89. The summed E-state index contributed by atoms with van der Waals surface area (Å²) in [5, 5.41) is 10.3. The maximum absolute atomic E-state index is 12.5. The third-order valence-electron chi connectivity index (χ3n) is 4.23. The molecule has 0 aromatic heterocycles. The Morgan fingerprint density at radius 1 is 1.15 bits per heavy atom. The minimum atomic E-state index is -3.80. The van der Waals surface area contributed by atoms with E-state index < -0.39 is 16.1 Å². The molecular formula is C18H21NO6S. The highest BCUT2D eigenvalue weighted by Gasteiger charge is 2.20. The Bertz CT molecular complexity index is 897. The lowest BCUT2D eigenvalue weighted by Crippen LogP contribution is -2.28. The summed E-state index contributed by atoms with van der Waals surface area (Å²) in [5.74, 6) is 1.56. The average Bonchev–Trinajstić information content (AvgIpc) is 3.13. The zero-order valence-electron chi connectivity index (χ0n) is 14.6. The SMILES string of the molecule is COc1ccc(S(=O)(=O)NC[C@@H](O)c2ccc3c(c2)CCO3)cc1OC. The van der Waals surface area contributed by atoms with Gasteiger partial charge in [0.25, 0.3) is 0 Å². The van der Waals surface area contributed by atoms with E-state index in [-0.39, 0.29) is 11.4 Å².